The summed E-state index contributed by atoms with van der Waals surface area (Å²) in [6, 6.07) is 9.08. The summed E-state index contributed by atoms with van der Waals surface area (Å²) in [4.78, 5) is 11.8. The summed E-state index contributed by atoms with van der Waals surface area (Å²) in [6.45, 7) is 1.23. The maximum atomic E-state index is 12.6. The Hall–Kier alpha value is -2.50. The summed E-state index contributed by atoms with van der Waals surface area (Å²) < 4.78 is 43.0. The number of carbonyl (C=O) groups excluding carboxylic acids is 1. The van der Waals surface area contributed by atoms with Gasteiger partial charge in [0, 0.05) is 0 Å². The summed E-state index contributed by atoms with van der Waals surface area (Å²) >= 11 is 0. The van der Waals surface area contributed by atoms with Gasteiger partial charge in [0.05, 0.1) is 11.1 Å². The molecule has 22 heavy (non-hydrogen) atoms. The van der Waals surface area contributed by atoms with Gasteiger partial charge in [0.2, 0.25) is 0 Å². The van der Waals surface area contributed by atoms with Gasteiger partial charge in [0.25, 0.3) is 0 Å². The molecule has 116 valence electrons. The molecular formula is C16H13F3O3. The number of ether oxygens (including phenoxy) is 1. The van der Waals surface area contributed by atoms with Gasteiger partial charge in [-0.15, -0.1) is 0 Å². The molecule has 3 nitrogen and oxygen atoms in total. The van der Waals surface area contributed by atoms with Gasteiger partial charge in [-0.2, -0.15) is 13.2 Å². The van der Waals surface area contributed by atoms with Crippen LogP contribution in [0.1, 0.15) is 27.0 Å². The number of phenols is 1. The molecule has 0 saturated heterocycles. The van der Waals surface area contributed by atoms with Gasteiger partial charge >= 0.3 is 12.1 Å². The second kappa shape index (κ2) is 6.09. The molecule has 0 aliphatic carbocycles. The zero-order valence-corrected chi connectivity index (χ0v) is 11.6. The molecule has 0 heterocycles. The molecule has 0 atom stereocenters. The van der Waals surface area contributed by atoms with Crippen molar-refractivity contribution in [3.05, 3.63) is 64.7 Å². The Labute approximate surface area is 125 Å². The zero-order chi connectivity index (χ0) is 16.3. The van der Waals surface area contributed by atoms with Crippen LogP contribution in [0.3, 0.4) is 0 Å². The summed E-state index contributed by atoms with van der Waals surface area (Å²) in [6.07, 6.45) is -4.40. The molecule has 2 aromatic rings. The Morgan fingerprint density at radius 3 is 2.32 bits per heavy atom. The second-order valence-electron chi connectivity index (χ2n) is 4.77. The SMILES string of the molecule is Cc1cc(COC(=O)c2ccc(O)cc2)ccc1C(F)(F)F. The van der Waals surface area contributed by atoms with Crippen LogP contribution < -0.4 is 0 Å². The number of aromatic hydroxyl groups is 1. The van der Waals surface area contributed by atoms with Crippen molar-refractivity contribution in [1.29, 1.82) is 0 Å². The summed E-state index contributed by atoms with van der Waals surface area (Å²) in [7, 11) is 0. The average molecular weight is 310 g/mol. The van der Waals surface area contributed by atoms with E-state index in [0.29, 0.717) is 5.56 Å². The number of rotatable bonds is 3. The topological polar surface area (TPSA) is 46.5 Å². The van der Waals surface area contributed by atoms with Crippen LogP contribution in [0.2, 0.25) is 0 Å². The van der Waals surface area contributed by atoms with Crippen molar-refractivity contribution in [2.75, 3.05) is 0 Å². The first kappa shape index (κ1) is 15.9. The van der Waals surface area contributed by atoms with Gasteiger partial charge in [-0.3, -0.25) is 0 Å². The lowest BCUT2D eigenvalue weighted by Gasteiger charge is -2.12. The summed E-state index contributed by atoms with van der Waals surface area (Å²) in [5.41, 5.74) is 0.0888. The van der Waals surface area contributed by atoms with Crippen LogP contribution in [0.4, 0.5) is 13.2 Å². The lowest BCUT2D eigenvalue weighted by atomic mass is 10.1. The highest BCUT2D eigenvalue weighted by molar-refractivity contribution is 5.89. The fourth-order valence-electron chi connectivity index (χ4n) is 1.96. The van der Waals surface area contributed by atoms with Crippen molar-refractivity contribution in [1.82, 2.24) is 0 Å². The normalized spacial score (nSPS) is 11.3. The summed E-state index contributed by atoms with van der Waals surface area (Å²) in [5.74, 6) is -0.590. The maximum Gasteiger partial charge on any atom is 0.416 e. The predicted octanol–water partition coefficient (Wildman–Crippen LogP) is 4.08. The van der Waals surface area contributed by atoms with E-state index in [1.165, 1.54) is 43.3 Å². The Bertz CT molecular complexity index is 676. The van der Waals surface area contributed by atoms with E-state index in [1.54, 1.807) is 0 Å². The second-order valence-corrected chi connectivity index (χ2v) is 4.77. The van der Waals surface area contributed by atoms with Crippen molar-refractivity contribution in [3.63, 3.8) is 0 Å². The van der Waals surface area contributed by atoms with Crippen LogP contribution >= 0.6 is 0 Å². The van der Waals surface area contributed by atoms with Crippen molar-refractivity contribution < 1.29 is 27.8 Å². The third-order valence-electron chi connectivity index (χ3n) is 3.07. The molecule has 0 aromatic heterocycles. The van der Waals surface area contributed by atoms with Crippen molar-refractivity contribution in [2.45, 2.75) is 19.7 Å². The predicted molar refractivity (Wildman–Crippen MR) is 73.4 cm³/mol. The molecule has 0 radical (unpaired) electrons. The molecule has 2 aromatic carbocycles. The number of phenolic OH excluding ortho intramolecular Hbond substituents is 1. The van der Waals surface area contributed by atoms with Crippen LogP contribution in [-0.2, 0) is 17.5 Å². The van der Waals surface area contributed by atoms with Crippen LogP contribution in [0.15, 0.2) is 42.5 Å². The minimum atomic E-state index is -4.40. The number of halogens is 3. The third-order valence-corrected chi connectivity index (χ3v) is 3.07. The Kier molecular flexibility index (Phi) is 4.40. The highest BCUT2D eigenvalue weighted by atomic mass is 19.4. The van der Waals surface area contributed by atoms with E-state index >= 15 is 0 Å². The Morgan fingerprint density at radius 1 is 1.14 bits per heavy atom. The van der Waals surface area contributed by atoms with E-state index < -0.39 is 17.7 Å². The third kappa shape index (κ3) is 3.78. The van der Waals surface area contributed by atoms with Crippen molar-refractivity contribution >= 4 is 5.97 Å². The molecule has 0 spiro atoms. The van der Waals surface area contributed by atoms with Gasteiger partial charge < -0.3 is 9.84 Å². The molecule has 2 rings (SSSR count). The highest BCUT2D eigenvalue weighted by Crippen LogP contribution is 2.32. The largest absolute Gasteiger partial charge is 0.508 e. The van der Waals surface area contributed by atoms with E-state index in [-0.39, 0.29) is 23.5 Å². The lowest BCUT2D eigenvalue weighted by molar-refractivity contribution is -0.138. The lowest BCUT2D eigenvalue weighted by Crippen LogP contribution is -2.09. The van der Waals surface area contributed by atoms with Gasteiger partial charge in [-0.05, 0) is 48.4 Å². The first-order valence-corrected chi connectivity index (χ1v) is 6.40. The van der Waals surface area contributed by atoms with Crippen LogP contribution in [0, 0.1) is 6.92 Å². The van der Waals surface area contributed by atoms with Crippen LogP contribution in [-0.4, -0.2) is 11.1 Å². The minimum Gasteiger partial charge on any atom is -0.508 e. The number of aryl methyl sites for hydroxylation is 1. The standard InChI is InChI=1S/C16H13F3O3/c1-10-8-11(2-7-14(10)16(17,18)19)9-22-15(21)12-3-5-13(20)6-4-12/h2-8,20H,9H2,1H3. The zero-order valence-electron chi connectivity index (χ0n) is 11.6. The quantitative estimate of drug-likeness (QED) is 0.869. The average Bonchev–Trinajstić information content (AvgIpc) is 2.44. The number of benzene rings is 2. The number of esters is 1. The number of hydrogen-bond donors (Lipinski definition) is 1. The van der Waals surface area contributed by atoms with Crippen molar-refractivity contribution in [3.8, 4) is 5.75 Å². The summed E-state index contributed by atoms with van der Waals surface area (Å²) in [5, 5.41) is 9.12. The fraction of sp³-hybridized carbons (Fsp3) is 0.188. The first-order chi connectivity index (χ1) is 10.3. The highest BCUT2D eigenvalue weighted by Gasteiger charge is 2.32. The van der Waals surface area contributed by atoms with E-state index in [2.05, 4.69) is 0 Å². The van der Waals surface area contributed by atoms with E-state index in [9.17, 15) is 18.0 Å². The molecule has 0 amide bonds. The molecule has 0 aliphatic heterocycles. The van der Waals surface area contributed by atoms with E-state index in [4.69, 9.17) is 9.84 Å². The number of carbonyl (C=O) groups is 1. The molecule has 0 bridgehead atoms. The molecule has 0 aliphatic rings. The van der Waals surface area contributed by atoms with Crippen LogP contribution in [0.5, 0.6) is 5.75 Å². The van der Waals surface area contributed by atoms with Gasteiger partial charge in [-0.25, -0.2) is 4.79 Å². The van der Waals surface area contributed by atoms with Crippen molar-refractivity contribution in [2.24, 2.45) is 0 Å². The van der Waals surface area contributed by atoms with Gasteiger partial charge in [0.15, 0.2) is 0 Å². The smallest absolute Gasteiger partial charge is 0.416 e. The van der Waals surface area contributed by atoms with Gasteiger partial charge in [-0.1, -0.05) is 12.1 Å². The molecule has 6 heteroatoms. The Morgan fingerprint density at radius 2 is 1.77 bits per heavy atom. The number of alkyl halides is 3. The first-order valence-electron chi connectivity index (χ1n) is 6.40. The Balaban J connectivity index is 2.04. The molecule has 0 unspecified atom stereocenters. The maximum absolute atomic E-state index is 12.6. The molecule has 1 N–H and O–H groups in total. The minimum absolute atomic E-state index is 0.0231. The molecular weight excluding hydrogens is 297 g/mol. The van der Waals surface area contributed by atoms with Gasteiger partial charge in [0.1, 0.15) is 12.4 Å². The number of hydrogen-bond acceptors (Lipinski definition) is 3. The molecule has 0 saturated carbocycles. The van der Waals surface area contributed by atoms with Crippen LogP contribution in [0.25, 0.3) is 0 Å². The monoisotopic (exact) mass is 310 g/mol. The molecule has 0 fully saturated rings. The van der Waals surface area contributed by atoms with E-state index in [0.717, 1.165) is 6.07 Å². The fourth-order valence-corrected chi connectivity index (χ4v) is 1.96. The van der Waals surface area contributed by atoms with E-state index in [1.807, 2.05) is 0 Å².